The molecule has 0 fully saturated rings. The molecule has 1 heterocycles. The molecule has 1 N–H and O–H groups in total. The molecule has 1 rings (SSSR count). The third-order valence-electron chi connectivity index (χ3n) is 3.86. The van der Waals surface area contributed by atoms with Gasteiger partial charge in [-0.05, 0) is 24.2 Å². The highest BCUT2D eigenvalue weighted by Gasteiger charge is 2.42. The normalized spacial score (nSPS) is 19.8. The molecule has 0 spiro atoms. The zero-order valence-electron chi connectivity index (χ0n) is 12.9. The molecule has 0 saturated heterocycles. The van der Waals surface area contributed by atoms with Crippen molar-refractivity contribution in [1.82, 2.24) is 4.90 Å². The molecule has 0 saturated carbocycles. The number of nitrogens with zero attached hydrogens (tertiary/aromatic N) is 1. The number of methoxy groups -OCH3 is 1. The Hall–Kier alpha value is -1.34. The molecular weight excluding hydrogens is 278 g/mol. The van der Waals surface area contributed by atoms with Crippen molar-refractivity contribution in [2.24, 2.45) is 0 Å². The number of carboxylic acid groups (broad SMARTS) is 1. The molecule has 0 bridgehead atoms. The van der Waals surface area contributed by atoms with Crippen molar-refractivity contribution in [2.45, 2.75) is 45.0 Å². The topological polar surface area (TPSA) is 76.1 Å². The van der Waals surface area contributed by atoms with Gasteiger partial charge in [0.1, 0.15) is 5.70 Å². The van der Waals surface area contributed by atoms with Gasteiger partial charge < -0.3 is 14.3 Å². The first-order chi connectivity index (χ1) is 8.99. The molecule has 0 unspecified atom stereocenters. The van der Waals surface area contributed by atoms with E-state index in [9.17, 15) is 9.59 Å². The minimum absolute atomic E-state index is 0.0168. The number of hydrogen-bond acceptors (Lipinski definition) is 4. The summed E-state index contributed by atoms with van der Waals surface area (Å²) in [4.78, 5) is 23.9. The van der Waals surface area contributed by atoms with Crippen molar-refractivity contribution in [1.29, 1.82) is 0 Å². The lowest BCUT2D eigenvalue weighted by Crippen LogP contribution is -2.45. The lowest BCUT2D eigenvalue weighted by Gasteiger charge is -2.38. The maximum atomic E-state index is 11.6. The van der Waals surface area contributed by atoms with E-state index in [-0.39, 0.29) is 17.3 Å². The van der Waals surface area contributed by atoms with Gasteiger partial charge in [0.2, 0.25) is 0 Å². The van der Waals surface area contributed by atoms with E-state index in [0.29, 0.717) is 0 Å². The number of aliphatic carboxylic acids is 1. The molecule has 20 heavy (non-hydrogen) atoms. The van der Waals surface area contributed by atoms with Crippen molar-refractivity contribution >= 4 is 20.4 Å². The quantitative estimate of drug-likeness (QED) is 0.810. The Morgan fingerprint density at radius 2 is 1.95 bits per heavy atom. The van der Waals surface area contributed by atoms with Gasteiger partial charge in [0, 0.05) is 0 Å². The lowest BCUT2D eigenvalue weighted by atomic mass is 10.2. The summed E-state index contributed by atoms with van der Waals surface area (Å²) < 4.78 is 10.7. The molecule has 0 aromatic heterocycles. The molecule has 7 heteroatoms. The zero-order valence-corrected chi connectivity index (χ0v) is 13.9. The Morgan fingerprint density at radius 3 is 2.35 bits per heavy atom. The van der Waals surface area contributed by atoms with Gasteiger partial charge >= 0.3 is 12.1 Å². The molecule has 0 aromatic carbocycles. The minimum Gasteiger partial charge on any atom is -0.477 e. The van der Waals surface area contributed by atoms with Crippen molar-refractivity contribution < 1.29 is 23.9 Å². The predicted octanol–water partition coefficient (Wildman–Crippen LogP) is 2.43. The second-order valence-corrected chi connectivity index (χ2v) is 11.1. The summed E-state index contributed by atoms with van der Waals surface area (Å²) in [5.41, 5.74) is -0.0828. The minimum atomic E-state index is -2.03. The largest absolute Gasteiger partial charge is 0.477 e. The second-order valence-electron chi connectivity index (χ2n) is 6.35. The first-order valence-electron chi connectivity index (χ1n) is 6.48. The van der Waals surface area contributed by atoms with E-state index in [1.165, 1.54) is 13.2 Å². The van der Waals surface area contributed by atoms with Crippen LogP contribution in [0.5, 0.6) is 0 Å². The molecule has 6 nitrogen and oxygen atoms in total. The lowest BCUT2D eigenvalue weighted by molar-refractivity contribution is -0.134. The van der Waals surface area contributed by atoms with Gasteiger partial charge in [-0.2, -0.15) is 0 Å². The second kappa shape index (κ2) is 5.57. The highest BCUT2D eigenvalue weighted by molar-refractivity contribution is 6.74. The van der Waals surface area contributed by atoms with Crippen LogP contribution in [0, 0.1) is 0 Å². The molecule has 0 aromatic rings. The highest BCUT2D eigenvalue weighted by Crippen LogP contribution is 2.38. The number of hydrogen-bond donors (Lipinski definition) is 1. The molecule has 114 valence electrons. The Balaban J connectivity index is 2.91. The first kappa shape index (κ1) is 16.7. The Kier molecular flexibility index (Phi) is 4.65. The Labute approximate surface area is 120 Å². The first-order valence-corrected chi connectivity index (χ1v) is 9.39. The van der Waals surface area contributed by atoms with E-state index in [2.05, 4.69) is 38.6 Å². The molecular formula is C13H23NO5Si. The number of amides is 1. The molecule has 1 aliphatic heterocycles. The summed E-state index contributed by atoms with van der Waals surface area (Å²) in [6.07, 6.45) is 0.404. The van der Waals surface area contributed by atoms with Crippen LogP contribution in [0.2, 0.25) is 18.1 Å². The van der Waals surface area contributed by atoms with Crippen LogP contribution in [0.15, 0.2) is 11.8 Å². The van der Waals surface area contributed by atoms with Crippen LogP contribution in [0.1, 0.15) is 20.8 Å². The monoisotopic (exact) mass is 301 g/mol. The Bertz CT molecular complexity index is 439. The number of ether oxygens (including phenoxy) is 1. The van der Waals surface area contributed by atoms with E-state index < -0.39 is 26.5 Å². The van der Waals surface area contributed by atoms with Gasteiger partial charge in [0.25, 0.3) is 0 Å². The van der Waals surface area contributed by atoms with E-state index >= 15 is 0 Å². The summed E-state index contributed by atoms with van der Waals surface area (Å²) in [6.45, 7) is 10.7. The predicted molar refractivity (Wildman–Crippen MR) is 76.9 cm³/mol. The fourth-order valence-electron chi connectivity index (χ4n) is 1.69. The van der Waals surface area contributed by atoms with E-state index in [1.807, 2.05) is 0 Å². The fourth-order valence-corrected chi connectivity index (χ4v) is 2.95. The molecule has 0 aliphatic carbocycles. The van der Waals surface area contributed by atoms with Crippen LogP contribution in [-0.4, -0.2) is 50.1 Å². The van der Waals surface area contributed by atoms with Gasteiger partial charge in [-0.3, -0.25) is 4.90 Å². The highest BCUT2D eigenvalue weighted by atomic mass is 28.4. The average Bonchev–Trinajstić information content (AvgIpc) is 2.69. The summed E-state index contributed by atoms with van der Waals surface area (Å²) in [7, 11) is -0.799. The Morgan fingerprint density at radius 1 is 1.40 bits per heavy atom. The number of rotatable bonds is 3. The van der Waals surface area contributed by atoms with Crippen molar-refractivity contribution in [3.63, 3.8) is 0 Å². The summed E-state index contributed by atoms with van der Waals surface area (Å²) in [5, 5.41) is 9.16. The number of carbonyl (C=O) groups excluding carboxylic acids is 1. The van der Waals surface area contributed by atoms with Gasteiger partial charge in [0.15, 0.2) is 8.32 Å². The van der Waals surface area contributed by atoms with Crippen LogP contribution in [0.3, 0.4) is 0 Å². The molecule has 1 aliphatic rings. The third-order valence-corrected chi connectivity index (χ3v) is 8.37. The third kappa shape index (κ3) is 3.40. The smallest absolute Gasteiger partial charge is 0.414 e. The molecule has 0 radical (unpaired) electrons. The van der Waals surface area contributed by atoms with Crippen LogP contribution in [0.4, 0.5) is 4.79 Å². The average molecular weight is 301 g/mol. The van der Waals surface area contributed by atoms with Crippen LogP contribution >= 0.6 is 0 Å². The van der Waals surface area contributed by atoms with Crippen LogP contribution in [0.25, 0.3) is 0 Å². The maximum Gasteiger partial charge on any atom is 0.414 e. The van der Waals surface area contributed by atoms with Gasteiger partial charge in [-0.1, -0.05) is 20.8 Å². The van der Waals surface area contributed by atoms with E-state index in [1.54, 1.807) is 0 Å². The fraction of sp³-hybridized carbons (Fsp3) is 0.692. The van der Waals surface area contributed by atoms with Gasteiger partial charge in [0.05, 0.1) is 19.8 Å². The van der Waals surface area contributed by atoms with Crippen molar-refractivity contribution in [2.75, 3.05) is 13.7 Å². The molecule has 1 atom stereocenters. The number of carbonyl (C=O) groups is 2. The standard InChI is InChI=1S/C13H23NO5Si/c1-13(2,3)20(5,6)19-9-7-10(11(15)16)14(8-9)12(17)18-4/h7,9H,8H2,1-6H3,(H,15,16)/t9-/m0/s1. The molecule has 1 amide bonds. The van der Waals surface area contributed by atoms with Crippen molar-refractivity contribution in [3.8, 4) is 0 Å². The van der Waals surface area contributed by atoms with Crippen LogP contribution < -0.4 is 0 Å². The zero-order chi connectivity index (χ0) is 15.7. The SMILES string of the molecule is COC(=O)N1C[C@@H](O[Si](C)(C)C(C)(C)C)C=C1C(=O)O. The van der Waals surface area contributed by atoms with Crippen molar-refractivity contribution in [3.05, 3.63) is 11.8 Å². The van der Waals surface area contributed by atoms with Gasteiger partial charge in [-0.25, -0.2) is 9.59 Å². The van der Waals surface area contributed by atoms with Crippen LogP contribution in [-0.2, 0) is 14.0 Å². The maximum absolute atomic E-state index is 11.6. The summed E-state index contributed by atoms with van der Waals surface area (Å²) in [5.74, 6) is -1.16. The summed E-state index contributed by atoms with van der Waals surface area (Å²) in [6, 6.07) is 0. The number of carboxylic acids is 1. The van der Waals surface area contributed by atoms with Gasteiger partial charge in [-0.15, -0.1) is 0 Å². The summed E-state index contributed by atoms with van der Waals surface area (Å²) >= 11 is 0. The van der Waals surface area contributed by atoms with E-state index in [0.717, 1.165) is 4.90 Å². The van der Waals surface area contributed by atoms with E-state index in [4.69, 9.17) is 9.53 Å².